The van der Waals surface area contributed by atoms with Gasteiger partial charge in [0.25, 0.3) is 11.8 Å². The first-order valence-electron chi connectivity index (χ1n) is 6.46. The van der Waals surface area contributed by atoms with Crippen molar-refractivity contribution in [1.82, 2.24) is 0 Å². The Kier molecular flexibility index (Phi) is 3.06. The number of fused-ring (bicyclic) bond motifs is 1. The highest BCUT2D eigenvalue weighted by Crippen LogP contribution is 2.38. The highest BCUT2D eigenvalue weighted by Gasteiger charge is 2.40. The standard InChI is InChI=1S/C15H10F3N3O2/c16-15(17,18)9-6-7(4-5-10(9)19)21-13(22)8-2-1-3-11(20)12(8)14(21)23/h1-6H,19-20H2. The molecule has 0 saturated heterocycles. The van der Waals surface area contributed by atoms with Crippen LogP contribution in [-0.4, -0.2) is 11.8 Å². The summed E-state index contributed by atoms with van der Waals surface area (Å²) in [5, 5.41) is 0. The molecular formula is C15H10F3N3O2. The molecule has 2 aromatic carbocycles. The topological polar surface area (TPSA) is 89.4 Å². The summed E-state index contributed by atoms with van der Waals surface area (Å²) in [6.45, 7) is 0. The molecule has 0 radical (unpaired) electrons. The molecule has 0 fully saturated rings. The molecule has 1 heterocycles. The van der Waals surface area contributed by atoms with Crippen molar-refractivity contribution in [3.05, 3.63) is 53.1 Å². The van der Waals surface area contributed by atoms with Gasteiger partial charge in [0.05, 0.1) is 22.4 Å². The number of amides is 2. The summed E-state index contributed by atoms with van der Waals surface area (Å²) >= 11 is 0. The summed E-state index contributed by atoms with van der Waals surface area (Å²) in [5.74, 6) is -1.49. The molecule has 3 rings (SSSR count). The van der Waals surface area contributed by atoms with Gasteiger partial charge in [-0.3, -0.25) is 9.59 Å². The third-order valence-corrected chi connectivity index (χ3v) is 3.55. The average Bonchev–Trinajstić information content (AvgIpc) is 2.72. The summed E-state index contributed by atoms with van der Waals surface area (Å²) in [6.07, 6.45) is -4.70. The molecule has 0 bridgehead atoms. The number of alkyl halides is 3. The minimum absolute atomic E-state index is 0.0112. The van der Waals surface area contributed by atoms with Gasteiger partial charge in [-0.05, 0) is 30.3 Å². The number of carbonyl (C=O) groups excluding carboxylic acids is 2. The van der Waals surface area contributed by atoms with Crippen LogP contribution >= 0.6 is 0 Å². The predicted molar refractivity (Wildman–Crippen MR) is 77.9 cm³/mol. The first kappa shape index (κ1) is 14.9. The molecule has 0 saturated carbocycles. The Balaban J connectivity index is 2.13. The highest BCUT2D eigenvalue weighted by molar-refractivity contribution is 6.36. The lowest BCUT2D eigenvalue weighted by Crippen LogP contribution is -2.30. The Morgan fingerprint density at radius 3 is 2.22 bits per heavy atom. The van der Waals surface area contributed by atoms with Gasteiger partial charge in [0.1, 0.15) is 0 Å². The van der Waals surface area contributed by atoms with Crippen molar-refractivity contribution < 1.29 is 22.8 Å². The van der Waals surface area contributed by atoms with E-state index in [1.54, 1.807) is 0 Å². The van der Waals surface area contributed by atoms with Crippen molar-refractivity contribution in [2.75, 3.05) is 16.4 Å². The van der Waals surface area contributed by atoms with Crippen LogP contribution in [-0.2, 0) is 6.18 Å². The molecule has 0 unspecified atom stereocenters. The fourth-order valence-corrected chi connectivity index (χ4v) is 2.47. The molecular weight excluding hydrogens is 311 g/mol. The van der Waals surface area contributed by atoms with Crippen molar-refractivity contribution in [2.45, 2.75) is 6.18 Å². The van der Waals surface area contributed by atoms with Crippen LogP contribution in [0.2, 0.25) is 0 Å². The Hall–Kier alpha value is -3.03. The molecule has 0 atom stereocenters. The predicted octanol–water partition coefficient (Wildman–Crippen LogP) is 2.67. The van der Waals surface area contributed by atoms with E-state index in [9.17, 15) is 22.8 Å². The third kappa shape index (κ3) is 2.19. The molecule has 0 aromatic heterocycles. The van der Waals surface area contributed by atoms with E-state index in [0.717, 1.165) is 6.07 Å². The van der Waals surface area contributed by atoms with Crippen molar-refractivity contribution in [3.8, 4) is 0 Å². The van der Waals surface area contributed by atoms with E-state index in [1.165, 1.54) is 24.3 Å². The average molecular weight is 321 g/mol. The first-order chi connectivity index (χ1) is 10.7. The largest absolute Gasteiger partial charge is 0.418 e. The Morgan fingerprint density at radius 1 is 0.913 bits per heavy atom. The molecule has 5 nitrogen and oxygen atoms in total. The molecule has 23 heavy (non-hydrogen) atoms. The minimum atomic E-state index is -4.70. The van der Waals surface area contributed by atoms with Crippen LogP contribution in [0, 0.1) is 0 Å². The van der Waals surface area contributed by atoms with Gasteiger partial charge in [-0.15, -0.1) is 0 Å². The lowest BCUT2D eigenvalue weighted by atomic mass is 10.1. The maximum atomic E-state index is 12.9. The first-order valence-corrected chi connectivity index (χ1v) is 6.46. The van der Waals surface area contributed by atoms with Gasteiger partial charge in [0.2, 0.25) is 0 Å². The van der Waals surface area contributed by atoms with E-state index in [1.807, 2.05) is 0 Å². The number of imide groups is 1. The molecule has 2 aromatic rings. The fourth-order valence-electron chi connectivity index (χ4n) is 2.47. The second-order valence-electron chi connectivity index (χ2n) is 4.98. The van der Waals surface area contributed by atoms with Gasteiger partial charge in [-0.25, -0.2) is 4.90 Å². The maximum Gasteiger partial charge on any atom is 0.418 e. The number of hydrogen-bond acceptors (Lipinski definition) is 4. The van der Waals surface area contributed by atoms with Gasteiger partial charge in [-0.2, -0.15) is 13.2 Å². The molecule has 118 valence electrons. The molecule has 8 heteroatoms. The van der Waals surface area contributed by atoms with E-state index in [-0.39, 0.29) is 22.5 Å². The van der Waals surface area contributed by atoms with Crippen molar-refractivity contribution >= 4 is 28.9 Å². The van der Waals surface area contributed by atoms with Crippen LogP contribution in [0.1, 0.15) is 26.3 Å². The fraction of sp³-hybridized carbons (Fsp3) is 0.0667. The Labute approximate surface area is 128 Å². The van der Waals surface area contributed by atoms with Crippen LogP contribution in [0.25, 0.3) is 0 Å². The quantitative estimate of drug-likeness (QED) is 0.624. The van der Waals surface area contributed by atoms with Crippen LogP contribution in [0.15, 0.2) is 36.4 Å². The number of halogens is 3. The Bertz CT molecular complexity index is 846. The summed E-state index contributed by atoms with van der Waals surface area (Å²) in [6, 6.07) is 7.19. The Morgan fingerprint density at radius 2 is 1.61 bits per heavy atom. The molecule has 0 aliphatic carbocycles. The second-order valence-corrected chi connectivity index (χ2v) is 4.98. The van der Waals surface area contributed by atoms with Gasteiger partial charge in [-0.1, -0.05) is 6.07 Å². The van der Waals surface area contributed by atoms with Crippen molar-refractivity contribution in [2.24, 2.45) is 0 Å². The summed E-state index contributed by atoms with van der Waals surface area (Å²) in [4.78, 5) is 25.4. The zero-order valence-electron chi connectivity index (χ0n) is 11.5. The van der Waals surface area contributed by atoms with E-state index >= 15 is 0 Å². The number of hydrogen-bond donors (Lipinski definition) is 2. The highest BCUT2D eigenvalue weighted by atomic mass is 19.4. The van der Waals surface area contributed by atoms with Gasteiger partial charge in [0.15, 0.2) is 0 Å². The van der Waals surface area contributed by atoms with E-state index in [0.29, 0.717) is 11.0 Å². The third-order valence-electron chi connectivity index (χ3n) is 3.55. The number of benzene rings is 2. The van der Waals surface area contributed by atoms with Gasteiger partial charge >= 0.3 is 6.18 Å². The van der Waals surface area contributed by atoms with Crippen LogP contribution in [0.3, 0.4) is 0 Å². The number of nitrogen functional groups attached to an aromatic ring is 2. The molecule has 4 N–H and O–H groups in total. The van der Waals surface area contributed by atoms with E-state index < -0.39 is 29.2 Å². The van der Waals surface area contributed by atoms with E-state index in [2.05, 4.69) is 0 Å². The maximum absolute atomic E-state index is 12.9. The summed E-state index contributed by atoms with van der Waals surface area (Å²) in [5.41, 5.74) is 9.34. The van der Waals surface area contributed by atoms with Crippen molar-refractivity contribution in [3.63, 3.8) is 0 Å². The number of carbonyl (C=O) groups is 2. The van der Waals surface area contributed by atoms with Gasteiger partial charge in [0, 0.05) is 11.4 Å². The van der Waals surface area contributed by atoms with Crippen LogP contribution < -0.4 is 16.4 Å². The van der Waals surface area contributed by atoms with Gasteiger partial charge < -0.3 is 11.5 Å². The number of nitrogens with two attached hydrogens (primary N) is 2. The molecule has 0 spiro atoms. The molecule has 1 aliphatic rings. The summed E-state index contributed by atoms with van der Waals surface area (Å²) < 4.78 is 38.8. The zero-order chi connectivity index (χ0) is 16.9. The second kappa shape index (κ2) is 4.73. The van der Waals surface area contributed by atoms with Crippen LogP contribution in [0.4, 0.5) is 30.2 Å². The van der Waals surface area contributed by atoms with E-state index in [4.69, 9.17) is 11.5 Å². The SMILES string of the molecule is Nc1ccc(N2C(=O)c3cccc(N)c3C2=O)cc1C(F)(F)F. The monoisotopic (exact) mass is 321 g/mol. The number of nitrogens with zero attached hydrogens (tertiary/aromatic N) is 1. The minimum Gasteiger partial charge on any atom is -0.398 e. The normalized spacial score (nSPS) is 14.3. The smallest absolute Gasteiger partial charge is 0.398 e. The lowest BCUT2D eigenvalue weighted by molar-refractivity contribution is -0.136. The molecule has 1 aliphatic heterocycles. The van der Waals surface area contributed by atoms with Crippen LogP contribution in [0.5, 0.6) is 0 Å². The number of anilines is 3. The molecule has 2 amide bonds. The number of rotatable bonds is 1. The zero-order valence-corrected chi connectivity index (χ0v) is 11.5. The summed E-state index contributed by atoms with van der Waals surface area (Å²) in [7, 11) is 0. The van der Waals surface area contributed by atoms with Crippen molar-refractivity contribution in [1.29, 1.82) is 0 Å². The lowest BCUT2D eigenvalue weighted by Gasteiger charge is -2.17.